The first-order chi connectivity index (χ1) is 9.78. The van der Waals surface area contributed by atoms with E-state index in [1.807, 2.05) is 0 Å². The summed E-state index contributed by atoms with van der Waals surface area (Å²) in [7, 11) is 0. The summed E-state index contributed by atoms with van der Waals surface area (Å²) < 4.78 is 40.3. The molecule has 0 atom stereocenters. The third-order valence-electron chi connectivity index (χ3n) is 2.54. The highest BCUT2D eigenvalue weighted by molar-refractivity contribution is 5.81. The molecule has 2 N–H and O–H groups in total. The molecule has 6 nitrogen and oxygen atoms in total. The van der Waals surface area contributed by atoms with Gasteiger partial charge in [0.05, 0.1) is 4.92 Å². The second-order valence-corrected chi connectivity index (χ2v) is 3.95. The van der Waals surface area contributed by atoms with E-state index in [4.69, 9.17) is 5.73 Å². The number of halogens is 3. The van der Waals surface area contributed by atoms with Crippen LogP contribution in [0, 0.1) is 10.1 Å². The number of nitrogens with zero attached hydrogens (tertiary/aromatic N) is 2. The third-order valence-corrected chi connectivity index (χ3v) is 2.54. The fourth-order valence-corrected chi connectivity index (χ4v) is 1.70. The topological polar surface area (TPSA) is 91.3 Å². The first kappa shape index (κ1) is 14.6. The lowest BCUT2D eigenvalue weighted by Crippen LogP contribution is -2.17. The van der Waals surface area contributed by atoms with Crippen molar-refractivity contribution in [1.29, 1.82) is 0 Å². The Labute approximate surface area is 116 Å². The summed E-state index contributed by atoms with van der Waals surface area (Å²) in [5.41, 5.74) is 5.42. The molecule has 9 heteroatoms. The number of benzene rings is 1. The number of anilines is 1. The Bertz CT molecular complexity index is 689. The number of pyridine rings is 1. The summed E-state index contributed by atoms with van der Waals surface area (Å²) in [6.45, 7) is 0. The second-order valence-electron chi connectivity index (χ2n) is 3.95. The van der Waals surface area contributed by atoms with E-state index >= 15 is 0 Å². The Morgan fingerprint density at radius 1 is 1.29 bits per heavy atom. The Hall–Kier alpha value is -2.84. The quantitative estimate of drug-likeness (QED) is 0.694. The van der Waals surface area contributed by atoms with Crippen molar-refractivity contribution in [3.8, 4) is 16.9 Å². The predicted octanol–water partition coefficient (Wildman–Crippen LogP) is 3.14. The highest BCUT2D eigenvalue weighted by Gasteiger charge is 2.31. The van der Waals surface area contributed by atoms with Crippen molar-refractivity contribution < 1.29 is 22.8 Å². The van der Waals surface area contributed by atoms with Gasteiger partial charge in [0.2, 0.25) is 0 Å². The Morgan fingerprint density at radius 2 is 2.00 bits per heavy atom. The van der Waals surface area contributed by atoms with Crippen molar-refractivity contribution in [3.63, 3.8) is 0 Å². The predicted molar refractivity (Wildman–Crippen MR) is 67.4 cm³/mol. The molecule has 0 fully saturated rings. The van der Waals surface area contributed by atoms with Crippen LogP contribution >= 0.6 is 0 Å². The van der Waals surface area contributed by atoms with Gasteiger partial charge in [0.15, 0.2) is 0 Å². The van der Waals surface area contributed by atoms with Gasteiger partial charge in [-0.15, -0.1) is 13.2 Å². The maximum Gasteiger partial charge on any atom is 0.573 e. The van der Waals surface area contributed by atoms with Crippen LogP contribution in [0.2, 0.25) is 0 Å². The van der Waals surface area contributed by atoms with E-state index in [1.165, 1.54) is 18.3 Å². The first-order valence-corrected chi connectivity index (χ1v) is 5.52. The van der Waals surface area contributed by atoms with E-state index in [2.05, 4.69) is 9.72 Å². The highest BCUT2D eigenvalue weighted by Crippen LogP contribution is 2.34. The molecule has 0 spiro atoms. The standard InChI is InChI=1S/C12H8F3N3O3/c13-12(14,15)21-8-3-1-2-7(4-8)9-5-17-6-10(11(9)16)18(19)20/h1-6H,(H2,16,17). The second kappa shape index (κ2) is 5.27. The molecule has 0 saturated heterocycles. The van der Waals surface area contributed by atoms with Crippen molar-refractivity contribution in [2.75, 3.05) is 5.73 Å². The molecule has 0 aliphatic rings. The fraction of sp³-hybridized carbons (Fsp3) is 0.0833. The number of nitro groups is 1. The van der Waals surface area contributed by atoms with Crippen LogP contribution in [0.3, 0.4) is 0 Å². The molecule has 1 aromatic heterocycles. The summed E-state index contributed by atoms with van der Waals surface area (Å²) >= 11 is 0. The van der Waals surface area contributed by atoms with E-state index in [0.717, 1.165) is 18.3 Å². The number of hydrogen-bond donors (Lipinski definition) is 1. The minimum atomic E-state index is -4.83. The van der Waals surface area contributed by atoms with E-state index < -0.39 is 22.7 Å². The smallest absolute Gasteiger partial charge is 0.406 e. The van der Waals surface area contributed by atoms with Crippen molar-refractivity contribution in [2.24, 2.45) is 0 Å². The van der Waals surface area contributed by atoms with Crippen molar-refractivity contribution in [1.82, 2.24) is 4.98 Å². The normalized spacial score (nSPS) is 11.2. The van der Waals surface area contributed by atoms with Gasteiger partial charge in [0.25, 0.3) is 0 Å². The van der Waals surface area contributed by atoms with Gasteiger partial charge in [-0.05, 0) is 17.7 Å². The number of rotatable bonds is 3. The highest BCUT2D eigenvalue weighted by atomic mass is 19.4. The molecule has 110 valence electrons. The number of ether oxygens (including phenoxy) is 1. The number of alkyl halides is 3. The van der Waals surface area contributed by atoms with Gasteiger partial charge in [-0.1, -0.05) is 12.1 Å². The molecule has 0 amide bonds. The van der Waals surface area contributed by atoms with Crippen LogP contribution in [-0.2, 0) is 0 Å². The lowest BCUT2D eigenvalue weighted by atomic mass is 10.1. The van der Waals surface area contributed by atoms with Crippen molar-refractivity contribution in [3.05, 3.63) is 46.8 Å². The van der Waals surface area contributed by atoms with Crippen LogP contribution in [0.1, 0.15) is 0 Å². The first-order valence-electron chi connectivity index (χ1n) is 5.52. The van der Waals surface area contributed by atoms with Crippen molar-refractivity contribution in [2.45, 2.75) is 6.36 Å². The van der Waals surface area contributed by atoms with Gasteiger partial charge in [-0.3, -0.25) is 15.1 Å². The number of nitrogens with two attached hydrogens (primary N) is 1. The van der Waals surface area contributed by atoms with E-state index in [-0.39, 0.29) is 16.8 Å². The molecule has 1 aromatic carbocycles. The largest absolute Gasteiger partial charge is 0.573 e. The van der Waals surface area contributed by atoms with Crippen LogP contribution in [0.5, 0.6) is 5.75 Å². The molecule has 1 heterocycles. The summed E-state index contributed by atoms with van der Waals surface area (Å²) in [5, 5.41) is 10.8. The Morgan fingerprint density at radius 3 is 2.62 bits per heavy atom. The van der Waals surface area contributed by atoms with E-state index in [9.17, 15) is 23.3 Å². The van der Waals surface area contributed by atoms with Crippen LogP contribution in [-0.4, -0.2) is 16.3 Å². The van der Waals surface area contributed by atoms with E-state index in [0.29, 0.717) is 0 Å². The van der Waals surface area contributed by atoms with Gasteiger partial charge < -0.3 is 10.5 Å². The average Bonchev–Trinajstić information content (AvgIpc) is 2.36. The van der Waals surface area contributed by atoms with Crippen LogP contribution < -0.4 is 10.5 Å². The van der Waals surface area contributed by atoms with Crippen LogP contribution in [0.15, 0.2) is 36.7 Å². The van der Waals surface area contributed by atoms with Crippen LogP contribution in [0.25, 0.3) is 11.1 Å². The fourth-order valence-electron chi connectivity index (χ4n) is 1.70. The average molecular weight is 299 g/mol. The summed E-state index contributed by atoms with van der Waals surface area (Å²) in [4.78, 5) is 13.7. The Balaban J connectivity index is 2.46. The van der Waals surface area contributed by atoms with Crippen molar-refractivity contribution >= 4 is 11.4 Å². The van der Waals surface area contributed by atoms with Gasteiger partial charge in [0.1, 0.15) is 17.6 Å². The minimum Gasteiger partial charge on any atom is -0.406 e. The maximum atomic E-state index is 12.2. The molecule has 0 aliphatic carbocycles. The zero-order valence-corrected chi connectivity index (χ0v) is 10.3. The van der Waals surface area contributed by atoms with Gasteiger partial charge in [-0.25, -0.2) is 0 Å². The zero-order valence-electron chi connectivity index (χ0n) is 10.3. The summed E-state index contributed by atoms with van der Waals surface area (Å²) in [6.07, 6.45) is -2.63. The monoisotopic (exact) mass is 299 g/mol. The molecule has 0 aliphatic heterocycles. The molecule has 0 radical (unpaired) electrons. The molecular weight excluding hydrogens is 291 g/mol. The third kappa shape index (κ3) is 3.38. The lowest BCUT2D eigenvalue weighted by molar-refractivity contribution is -0.384. The SMILES string of the molecule is Nc1c(-c2cccc(OC(F)(F)F)c2)cncc1[N+](=O)[O-]. The summed E-state index contributed by atoms with van der Waals surface area (Å²) in [6, 6.07) is 4.94. The van der Waals surface area contributed by atoms with Gasteiger partial charge in [-0.2, -0.15) is 0 Å². The molecule has 21 heavy (non-hydrogen) atoms. The molecule has 2 aromatic rings. The molecular formula is C12H8F3N3O3. The number of nitrogen functional groups attached to an aromatic ring is 1. The molecule has 0 saturated carbocycles. The molecule has 2 rings (SSSR count). The maximum absolute atomic E-state index is 12.2. The number of aromatic nitrogens is 1. The van der Waals surface area contributed by atoms with Gasteiger partial charge >= 0.3 is 12.0 Å². The zero-order chi connectivity index (χ0) is 15.6. The summed E-state index contributed by atoms with van der Waals surface area (Å²) in [5.74, 6) is -0.453. The Kier molecular flexibility index (Phi) is 3.66. The minimum absolute atomic E-state index is 0.150. The molecule has 0 bridgehead atoms. The lowest BCUT2D eigenvalue weighted by Gasteiger charge is -2.11. The molecule has 0 unspecified atom stereocenters. The van der Waals surface area contributed by atoms with Gasteiger partial charge in [0, 0.05) is 11.8 Å². The van der Waals surface area contributed by atoms with Crippen LogP contribution in [0.4, 0.5) is 24.5 Å². The number of hydrogen-bond acceptors (Lipinski definition) is 5. The van der Waals surface area contributed by atoms with E-state index in [1.54, 1.807) is 0 Å².